The maximum Gasteiger partial charge on any atom is 0.339 e. The zero-order valence-electron chi connectivity index (χ0n) is 11.1. The fourth-order valence-electron chi connectivity index (χ4n) is 1.90. The van der Waals surface area contributed by atoms with Crippen LogP contribution < -0.4 is 5.32 Å². The first-order valence-corrected chi connectivity index (χ1v) is 6.09. The highest BCUT2D eigenvalue weighted by atomic mass is 16.4. The lowest BCUT2D eigenvalue weighted by atomic mass is 9.93. The molecule has 1 heterocycles. The van der Waals surface area contributed by atoms with Gasteiger partial charge in [-0.05, 0) is 12.8 Å². The fraction of sp³-hybridized carbons (Fsp3) is 0.667. The SMILES string of the molecule is CCC(CC)(CO)NCc1c(C(=O)O)cnn1C. The van der Waals surface area contributed by atoms with Crippen LogP contribution in [0.1, 0.15) is 42.7 Å². The van der Waals surface area contributed by atoms with Gasteiger partial charge in [0.1, 0.15) is 5.56 Å². The highest BCUT2D eigenvalue weighted by molar-refractivity contribution is 5.88. The molecule has 3 N–H and O–H groups in total. The molecule has 0 saturated heterocycles. The highest BCUT2D eigenvalue weighted by Crippen LogP contribution is 2.16. The molecule has 0 bridgehead atoms. The lowest BCUT2D eigenvalue weighted by Crippen LogP contribution is -2.47. The molecule has 0 amide bonds. The second-order valence-electron chi connectivity index (χ2n) is 4.43. The molecule has 1 aromatic rings. The van der Waals surface area contributed by atoms with E-state index in [1.54, 1.807) is 11.7 Å². The number of hydrogen-bond donors (Lipinski definition) is 3. The van der Waals surface area contributed by atoms with Gasteiger partial charge in [0.2, 0.25) is 0 Å². The Morgan fingerprint density at radius 3 is 2.56 bits per heavy atom. The van der Waals surface area contributed by atoms with Crippen molar-refractivity contribution in [3.63, 3.8) is 0 Å². The van der Waals surface area contributed by atoms with Gasteiger partial charge in [-0.25, -0.2) is 4.79 Å². The number of hydrogen-bond acceptors (Lipinski definition) is 4. The molecule has 0 radical (unpaired) electrons. The standard InChI is InChI=1S/C12H21N3O3/c1-4-12(5-2,8-16)13-7-10-9(11(17)18)6-14-15(10)3/h6,13,16H,4-5,7-8H2,1-3H3,(H,17,18). The summed E-state index contributed by atoms with van der Waals surface area (Å²) in [5.41, 5.74) is 0.450. The summed E-state index contributed by atoms with van der Waals surface area (Å²) < 4.78 is 1.55. The van der Waals surface area contributed by atoms with Gasteiger partial charge in [-0.3, -0.25) is 4.68 Å². The zero-order valence-corrected chi connectivity index (χ0v) is 11.1. The summed E-state index contributed by atoms with van der Waals surface area (Å²) in [5, 5.41) is 25.7. The average molecular weight is 255 g/mol. The van der Waals surface area contributed by atoms with E-state index in [1.165, 1.54) is 6.20 Å². The minimum Gasteiger partial charge on any atom is -0.478 e. The van der Waals surface area contributed by atoms with Crippen LogP contribution in [0.3, 0.4) is 0 Å². The van der Waals surface area contributed by atoms with Crippen LogP contribution in [0, 0.1) is 0 Å². The quantitative estimate of drug-likeness (QED) is 0.669. The number of carbonyl (C=O) groups is 1. The molecule has 6 heteroatoms. The molecule has 0 aromatic carbocycles. The van der Waals surface area contributed by atoms with E-state index in [4.69, 9.17) is 5.11 Å². The van der Waals surface area contributed by atoms with Gasteiger partial charge in [-0.15, -0.1) is 0 Å². The van der Waals surface area contributed by atoms with Crippen molar-refractivity contribution >= 4 is 5.97 Å². The Hall–Kier alpha value is -1.40. The van der Waals surface area contributed by atoms with Gasteiger partial charge >= 0.3 is 5.97 Å². The molecular weight excluding hydrogens is 234 g/mol. The van der Waals surface area contributed by atoms with Crippen molar-refractivity contribution in [1.82, 2.24) is 15.1 Å². The third-order valence-electron chi connectivity index (χ3n) is 3.58. The molecule has 0 aliphatic rings. The summed E-state index contributed by atoms with van der Waals surface area (Å²) in [6.45, 7) is 4.39. The third kappa shape index (κ3) is 2.88. The van der Waals surface area contributed by atoms with Crippen LogP contribution in [0.5, 0.6) is 0 Å². The van der Waals surface area contributed by atoms with Crippen LogP contribution in [0.2, 0.25) is 0 Å². The van der Waals surface area contributed by atoms with Crippen molar-refractivity contribution in [3.8, 4) is 0 Å². The predicted octanol–water partition coefficient (Wildman–Crippen LogP) is 0.759. The second-order valence-corrected chi connectivity index (χ2v) is 4.43. The molecule has 0 unspecified atom stereocenters. The van der Waals surface area contributed by atoms with Crippen LogP contribution in [0.4, 0.5) is 0 Å². The summed E-state index contributed by atoms with van der Waals surface area (Å²) in [7, 11) is 1.71. The van der Waals surface area contributed by atoms with E-state index in [2.05, 4.69) is 10.4 Å². The number of nitrogens with zero attached hydrogens (tertiary/aromatic N) is 2. The Bertz CT molecular complexity index is 402. The molecule has 6 nitrogen and oxygen atoms in total. The number of aromatic carboxylic acids is 1. The van der Waals surface area contributed by atoms with E-state index >= 15 is 0 Å². The molecule has 18 heavy (non-hydrogen) atoms. The minimum atomic E-state index is -0.984. The first-order valence-electron chi connectivity index (χ1n) is 6.09. The maximum atomic E-state index is 11.0. The normalized spacial score (nSPS) is 11.8. The van der Waals surface area contributed by atoms with Crippen LogP contribution in [0.25, 0.3) is 0 Å². The number of aromatic nitrogens is 2. The summed E-state index contributed by atoms with van der Waals surface area (Å²) >= 11 is 0. The summed E-state index contributed by atoms with van der Waals surface area (Å²) in [5.74, 6) is -0.984. The maximum absolute atomic E-state index is 11.0. The number of carboxylic acids is 1. The van der Waals surface area contributed by atoms with E-state index in [1.807, 2.05) is 13.8 Å². The van der Waals surface area contributed by atoms with Crippen molar-refractivity contribution < 1.29 is 15.0 Å². The van der Waals surface area contributed by atoms with Gasteiger partial charge in [0.25, 0.3) is 0 Å². The van der Waals surface area contributed by atoms with E-state index < -0.39 is 5.97 Å². The number of carboxylic acid groups (broad SMARTS) is 1. The summed E-state index contributed by atoms with van der Waals surface area (Å²) in [6, 6.07) is 0. The Morgan fingerprint density at radius 1 is 1.50 bits per heavy atom. The monoisotopic (exact) mass is 255 g/mol. The van der Waals surface area contributed by atoms with Crippen LogP contribution in [-0.2, 0) is 13.6 Å². The first-order chi connectivity index (χ1) is 8.49. The fourth-order valence-corrected chi connectivity index (χ4v) is 1.90. The Balaban J connectivity index is 2.85. The van der Waals surface area contributed by atoms with Gasteiger partial charge in [-0.1, -0.05) is 13.8 Å². The van der Waals surface area contributed by atoms with Crippen molar-refractivity contribution in [3.05, 3.63) is 17.5 Å². The van der Waals surface area contributed by atoms with Crippen LogP contribution in [0.15, 0.2) is 6.20 Å². The summed E-state index contributed by atoms with van der Waals surface area (Å²) in [6.07, 6.45) is 2.90. The van der Waals surface area contributed by atoms with E-state index in [0.29, 0.717) is 12.2 Å². The van der Waals surface area contributed by atoms with Crippen LogP contribution in [-0.4, -0.2) is 38.1 Å². The molecule has 1 aromatic heterocycles. The molecular formula is C12H21N3O3. The Kier molecular flexibility index (Phi) is 4.86. The van der Waals surface area contributed by atoms with Gasteiger partial charge in [-0.2, -0.15) is 5.10 Å². The minimum absolute atomic E-state index is 0.0280. The third-order valence-corrected chi connectivity index (χ3v) is 3.58. The number of aryl methyl sites for hydroxylation is 1. The topological polar surface area (TPSA) is 87.4 Å². The van der Waals surface area contributed by atoms with Crippen molar-refractivity contribution in [2.75, 3.05) is 6.61 Å². The molecule has 0 fully saturated rings. The van der Waals surface area contributed by atoms with Gasteiger partial charge < -0.3 is 15.5 Å². The number of nitrogens with one attached hydrogen (secondary N) is 1. The van der Waals surface area contributed by atoms with Crippen LogP contribution >= 0.6 is 0 Å². The zero-order chi connectivity index (χ0) is 13.8. The molecule has 0 atom stereocenters. The van der Waals surface area contributed by atoms with Crippen molar-refractivity contribution in [2.24, 2.45) is 7.05 Å². The number of aliphatic hydroxyl groups excluding tert-OH is 1. The number of rotatable bonds is 7. The molecule has 0 aliphatic carbocycles. The number of aliphatic hydroxyl groups is 1. The summed E-state index contributed by atoms with van der Waals surface area (Å²) in [4.78, 5) is 11.0. The lowest BCUT2D eigenvalue weighted by Gasteiger charge is -2.31. The average Bonchev–Trinajstić information content (AvgIpc) is 2.73. The highest BCUT2D eigenvalue weighted by Gasteiger charge is 2.25. The lowest BCUT2D eigenvalue weighted by molar-refractivity contribution is 0.0694. The van der Waals surface area contributed by atoms with Gasteiger partial charge in [0.15, 0.2) is 0 Å². The predicted molar refractivity (Wildman–Crippen MR) is 67.4 cm³/mol. The van der Waals surface area contributed by atoms with Crippen molar-refractivity contribution in [2.45, 2.75) is 38.8 Å². The second kappa shape index (κ2) is 5.97. The van der Waals surface area contributed by atoms with E-state index in [0.717, 1.165) is 12.8 Å². The molecule has 0 saturated carbocycles. The first kappa shape index (κ1) is 14.7. The van der Waals surface area contributed by atoms with Gasteiger partial charge in [0, 0.05) is 19.1 Å². The smallest absolute Gasteiger partial charge is 0.339 e. The van der Waals surface area contributed by atoms with Gasteiger partial charge in [0.05, 0.1) is 18.5 Å². The Labute approximate surface area is 107 Å². The molecule has 0 aliphatic heterocycles. The largest absolute Gasteiger partial charge is 0.478 e. The van der Waals surface area contributed by atoms with E-state index in [-0.39, 0.29) is 17.7 Å². The molecule has 102 valence electrons. The molecule has 0 spiro atoms. The molecule has 1 rings (SSSR count). The van der Waals surface area contributed by atoms with Crippen molar-refractivity contribution in [1.29, 1.82) is 0 Å². The van der Waals surface area contributed by atoms with E-state index in [9.17, 15) is 9.90 Å². The Morgan fingerprint density at radius 2 is 2.11 bits per heavy atom.